The quantitative estimate of drug-likeness (QED) is 0.0647. The zero-order valence-corrected chi connectivity index (χ0v) is 29.9. The summed E-state index contributed by atoms with van der Waals surface area (Å²) in [5, 5.41) is 13.8. The summed E-state index contributed by atoms with van der Waals surface area (Å²) in [7, 11) is 0. The number of esters is 1. The summed E-state index contributed by atoms with van der Waals surface area (Å²) in [6.45, 7) is 3.88. The van der Waals surface area contributed by atoms with Crippen molar-refractivity contribution < 1.29 is 38.2 Å². The molecule has 2 aliphatic carbocycles. The monoisotopic (exact) mass is 722 g/mol. The number of carbonyl (C=O) groups excluding carboxylic acids is 2. The minimum absolute atomic E-state index is 0.0323. The first kappa shape index (κ1) is 37.2. The van der Waals surface area contributed by atoms with Crippen molar-refractivity contribution in [2.24, 2.45) is 11.8 Å². The smallest absolute Gasteiger partial charge is 0.306 e. The second-order valence-electron chi connectivity index (χ2n) is 13.7. The Hall–Kier alpha value is -5.58. The van der Waals surface area contributed by atoms with Gasteiger partial charge in [0.15, 0.2) is 0 Å². The first-order chi connectivity index (χ1) is 25.8. The molecule has 3 fully saturated rings. The van der Waals surface area contributed by atoms with Gasteiger partial charge in [-0.25, -0.2) is 0 Å². The molecule has 2 saturated carbocycles. The van der Waals surface area contributed by atoms with Gasteiger partial charge in [0.1, 0.15) is 34.5 Å². The minimum Gasteiger partial charge on any atom is -0.493 e. The maximum Gasteiger partial charge on any atom is 0.306 e. The van der Waals surface area contributed by atoms with Crippen LogP contribution in [-0.2, 0) is 14.3 Å². The Bertz CT molecular complexity index is 1820. The standard InChI is InChI=1S/C22H25NO6.C20H21NO3/c1-2-27-22(24)12-18(14-23(25)26)17-8-10-19(11-9-17)29-21-5-3-4-20(13-21)28-15-16-6-7-16;22-20-10-16(12-21-20)15-6-8-17(9-7-15)24-19-3-1-2-18(11-19)23-13-14-4-5-14/h3-5,8-11,13,16,18H,2,6-7,12,14-15H2,1H3;1-3,6-9,11,14,16H,4-5,10,12-13H2,(H,21,22). The number of hydrogen-bond donors (Lipinski definition) is 1. The summed E-state index contributed by atoms with van der Waals surface area (Å²) in [4.78, 5) is 33.6. The molecule has 7 rings (SSSR count). The third-order valence-corrected chi connectivity index (χ3v) is 9.22. The van der Waals surface area contributed by atoms with Gasteiger partial charge < -0.3 is 29.0 Å². The van der Waals surface area contributed by atoms with Crippen LogP contribution in [0.1, 0.15) is 68.4 Å². The molecule has 4 aromatic carbocycles. The van der Waals surface area contributed by atoms with Gasteiger partial charge in [-0.05, 0) is 104 Å². The molecule has 0 spiro atoms. The highest BCUT2D eigenvalue weighted by Crippen LogP contribution is 2.33. The zero-order valence-electron chi connectivity index (χ0n) is 29.9. The highest BCUT2D eigenvalue weighted by molar-refractivity contribution is 5.79. The summed E-state index contributed by atoms with van der Waals surface area (Å²) in [6.07, 6.45) is 5.57. The van der Waals surface area contributed by atoms with Crippen molar-refractivity contribution in [3.63, 3.8) is 0 Å². The van der Waals surface area contributed by atoms with Gasteiger partial charge in [0.2, 0.25) is 12.5 Å². The normalized spacial score (nSPS) is 16.7. The van der Waals surface area contributed by atoms with E-state index in [1.165, 1.54) is 31.2 Å². The Morgan fingerprint density at radius 2 is 1.30 bits per heavy atom. The van der Waals surface area contributed by atoms with Crippen LogP contribution in [0.25, 0.3) is 0 Å². The van der Waals surface area contributed by atoms with Gasteiger partial charge in [0, 0.05) is 35.9 Å². The van der Waals surface area contributed by atoms with Crippen molar-refractivity contribution in [1.82, 2.24) is 5.32 Å². The van der Waals surface area contributed by atoms with Crippen LogP contribution in [0.15, 0.2) is 97.1 Å². The highest BCUT2D eigenvalue weighted by Gasteiger charge is 2.25. The fourth-order valence-corrected chi connectivity index (χ4v) is 5.87. The van der Waals surface area contributed by atoms with Crippen LogP contribution in [-0.4, -0.2) is 49.7 Å². The Kier molecular flexibility index (Phi) is 12.8. The summed E-state index contributed by atoms with van der Waals surface area (Å²) in [5.41, 5.74) is 1.87. The molecule has 11 heteroatoms. The number of ether oxygens (including phenoxy) is 5. The number of hydrogen-bond acceptors (Lipinski definition) is 9. The summed E-state index contributed by atoms with van der Waals surface area (Å²) in [6, 6.07) is 30.2. The Morgan fingerprint density at radius 1 is 0.774 bits per heavy atom. The van der Waals surface area contributed by atoms with Crippen LogP contribution in [0.3, 0.4) is 0 Å². The van der Waals surface area contributed by atoms with Crippen LogP contribution < -0.4 is 24.3 Å². The van der Waals surface area contributed by atoms with Crippen LogP contribution in [0, 0.1) is 22.0 Å². The van der Waals surface area contributed by atoms with Crippen LogP contribution in [0.2, 0.25) is 0 Å². The molecule has 11 nitrogen and oxygen atoms in total. The van der Waals surface area contributed by atoms with Crippen molar-refractivity contribution in [2.75, 3.05) is 32.9 Å². The molecule has 1 aliphatic heterocycles. The van der Waals surface area contributed by atoms with Crippen molar-refractivity contribution in [2.45, 2.75) is 57.3 Å². The lowest BCUT2D eigenvalue weighted by molar-refractivity contribution is -0.483. The number of benzene rings is 4. The molecule has 0 radical (unpaired) electrons. The predicted octanol–water partition coefficient (Wildman–Crippen LogP) is 8.45. The first-order valence-electron chi connectivity index (χ1n) is 18.3. The molecule has 1 N–H and O–H groups in total. The first-order valence-corrected chi connectivity index (χ1v) is 18.3. The number of nitrogens with zero attached hydrogens (tertiary/aromatic N) is 1. The molecule has 4 aromatic rings. The third kappa shape index (κ3) is 12.3. The molecule has 53 heavy (non-hydrogen) atoms. The largest absolute Gasteiger partial charge is 0.493 e. The van der Waals surface area contributed by atoms with Crippen molar-refractivity contribution in [1.29, 1.82) is 0 Å². The lowest BCUT2D eigenvalue weighted by Gasteiger charge is -2.14. The number of nitro groups is 1. The molecule has 0 bridgehead atoms. The second kappa shape index (κ2) is 18.3. The van der Waals surface area contributed by atoms with Gasteiger partial charge in [-0.15, -0.1) is 0 Å². The fourth-order valence-electron chi connectivity index (χ4n) is 5.87. The molecule has 2 unspecified atom stereocenters. The zero-order chi connectivity index (χ0) is 37.0. The number of carbonyl (C=O) groups is 2. The SMILES string of the molecule is CCOC(=O)CC(C[N+](=O)[O-])c1ccc(Oc2cccc(OCC3CC3)c2)cc1.O=C1CC(c2ccc(Oc3cccc(OCC4CC4)c3)cc2)CN1. The minimum atomic E-state index is -0.544. The molecular weight excluding hydrogens is 676 g/mol. The maximum atomic E-state index is 11.8. The van der Waals surface area contributed by atoms with Gasteiger partial charge in [-0.2, -0.15) is 0 Å². The predicted molar refractivity (Wildman–Crippen MR) is 199 cm³/mol. The molecule has 1 amide bonds. The van der Waals surface area contributed by atoms with E-state index in [4.69, 9.17) is 23.7 Å². The lowest BCUT2D eigenvalue weighted by Crippen LogP contribution is -2.18. The van der Waals surface area contributed by atoms with Gasteiger partial charge in [0.05, 0.1) is 32.2 Å². The fraction of sp³-hybridized carbons (Fsp3) is 0.381. The van der Waals surface area contributed by atoms with E-state index in [1.807, 2.05) is 72.8 Å². The average Bonchev–Trinajstić information content (AvgIpc) is 4.10. The van der Waals surface area contributed by atoms with Gasteiger partial charge in [0.25, 0.3) is 0 Å². The van der Waals surface area contributed by atoms with Gasteiger partial charge >= 0.3 is 5.97 Å². The Labute approximate surface area is 309 Å². The van der Waals surface area contributed by atoms with E-state index in [0.717, 1.165) is 48.7 Å². The molecular formula is C42H46N2O9. The van der Waals surface area contributed by atoms with E-state index in [2.05, 4.69) is 5.32 Å². The highest BCUT2D eigenvalue weighted by atomic mass is 16.6. The average molecular weight is 723 g/mol. The second-order valence-corrected chi connectivity index (χ2v) is 13.7. The molecule has 0 aromatic heterocycles. The summed E-state index contributed by atoms with van der Waals surface area (Å²) < 4.78 is 28.3. The van der Waals surface area contributed by atoms with E-state index in [-0.39, 0.29) is 31.4 Å². The molecule has 2 atom stereocenters. The molecule has 3 aliphatic rings. The summed E-state index contributed by atoms with van der Waals surface area (Å²) >= 11 is 0. The molecule has 278 valence electrons. The number of nitrogens with one attached hydrogen (secondary N) is 1. The van der Waals surface area contributed by atoms with Crippen LogP contribution >= 0.6 is 0 Å². The number of amides is 1. The maximum absolute atomic E-state index is 11.8. The molecule has 1 saturated heterocycles. The van der Waals surface area contributed by atoms with Gasteiger partial charge in [-0.3, -0.25) is 19.7 Å². The lowest BCUT2D eigenvalue weighted by atomic mass is 9.96. The van der Waals surface area contributed by atoms with E-state index in [1.54, 1.807) is 31.2 Å². The Morgan fingerprint density at radius 3 is 1.77 bits per heavy atom. The third-order valence-electron chi connectivity index (χ3n) is 9.22. The van der Waals surface area contributed by atoms with Gasteiger partial charge in [-0.1, -0.05) is 36.4 Å². The van der Waals surface area contributed by atoms with Crippen molar-refractivity contribution >= 4 is 11.9 Å². The van der Waals surface area contributed by atoms with Crippen LogP contribution in [0.5, 0.6) is 34.5 Å². The number of rotatable bonds is 17. The van der Waals surface area contributed by atoms with Crippen molar-refractivity contribution in [3.05, 3.63) is 118 Å². The van der Waals surface area contributed by atoms with E-state index >= 15 is 0 Å². The van der Waals surface area contributed by atoms with Crippen molar-refractivity contribution in [3.8, 4) is 34.5 Å². The van der Waals surface area contributed by atoms with E-state index in [0.29, 0.717) is 29.4 Å². The van der Waals surface area contributed by atoms with E-state index < -0.39 is 16.8 Å². The topological polar surface area (TPSA) is 135 Å². The Balaban J connectivity index is 0.000000184. The summed E-state index contributed by atoms with van der Waals surface area (Å²) in [5.74, 6) is 5.26. The van der Waals surface area contributed by atoms with Crippen LogP contribution in [0.4, 0.5) is 0 Å². The molecule has 1 heterocycles. The van der Waals surface area contributed by atoms with E-state index in [9.17, 15) is 19.7 Å².